The molecular weight excluding hydrogens is 457 g/mol. The van der Waals surface area contributed by atoms with E-state index in [9.17, 15) is 22.8 Å². The number of urea groups is 1. The maximum Gasteiger partial charge on any atom is 0.417 e. The van der Waals surface area contributed by atoms with Gasteiger partial charge >= 0.3 is 12.2 Å². The van der Waals surface area contributed by atoms with E-state index in [4.69, 9.17) is 4.74 Å². The molecule has 1 saturated carbocycles. The van der Waals surface area contributed by atoms with Gasteiger partial charge in [0, 0.05) is 18.3 Å². The number of aromatic nitrogens is 2. The van der Waals surface area contributed by atoms with Gasteiger partial charge in [-0.15, -0.1) is 11.3 Å². The van der Waals surface area contributed by atoms with Crippen molar-refractivity contribution < 1.29 is 27.5 Å². The number of thiophene rings is 1. The van der Waals surface area contributed by atoms with Crippen LogP contribution in [0.25, 0.3) is 10.2 Å². The van der Waals surface area contributed by atoms with Crippen molar-refractivity contribution >= 4 is 39.2 Å². The molecular formula is C22H19F3N4O3S. The van der Waals surface area contributed by atoms with Crippen molar-refractivity contribution in [2.75, 3.05) is 11.4 Å². The number of imide groups is 1. The molecule has 1 saturated heterocycles. The molecule has 0 bridgehead atoms. The summed E-state index contributed by atoms with van der Waals surface area (Å²) in [5.41, 5.74) is -0.0895. The summed E-state index contributed by atoms with van der Waals surface area (Å²) in [6.45, 7) is -0.301. The van der Waals surface area contributed by atoms with E-state index in [0.717, 1.165) is 27.4 Å². The lowest BCUT2D eigenvalue weighted by atomic mass is 9.92. The fourth-order valence-electron chi connectivity index (χ4n) is 4.31. The Kier molecular flexibility index (Phi) is 5.43. The Morgan fingerprint density at radius 2 is 1.85 bits per heavy atom. The zero-order valence-electron chi connectivity index (χ0n) is 17.3. The molecule has 7 nitrogen and oxygen atoms in total. The average molecular weight is 476 g/mol. The van der Waals surface area contributed by atoms with E-state index in [2.05, 4.69) is 9.97 Å². The van der Waals surface area contributed by atoms with Crippen LogP contribution < -0.4 is 9.64 Å². The second kappa shape index (κ2) is 8.29. The molecule has 1 aliphatic heterocycles. The van der Waals surface area contributed by atoms with E-state index < -0.39 is 23.7 Å². The summed E-state index contributed by atoms with van der Waals surface area (Å²) < 4.78 is 46.1. The highest BCUT2D eigenvalue weighted by atomic mass is 32.1. The highest BCUT2D eigenvalue weighted by molar-refractivity contribution is 7.17. The third-order valence-corrected chi connectivity index (χ3v) is 6.80. The first kappa shape index (κ1) is 21.6. The summed E-state index contributed by atoms with van der Waals surface area (Å²) in [5.74, 6) is 0.263. The summed E-state index contributed by atoms with van der Waals surface area (Å²) in [5, 5.41) is 1.97. The molecule has 33 heavy (non-hydrogen) atoms. The number of carbonyl (C=O) groups is 2. The van der Waals surface area contributed by atoms with Crippen LogP contribution in [0.2, 0.25) is 0 Å². The first-order chi connectivity index (χ1) is 15.8. The van der Waals surface area contributed by atoms with Gasteiger partial charge in [0.2, 0.25) is 0 Å². The average Bonchev–Trinajstić information content (AvgIpc) is 3.37. The third kappa shape index (κ3) is 4.24. The van der Waals surface area contributed by atoms with Gasteiger partial charge in [0.15, 0.2) is 0 Å². The molecule has 3 aromatic heterocycles. The van der Waals surface area contributed by atoms with Gasteiger partial charge in [-0.25, -0.2) is 4.79 Å². The van der Waals surface area contributed by atoms with Crippen LogP contribution in [-0.2, 0) is 11.0 Å². The number of halogens is 3. The van der Waals surface area contributed by atoms with Gasteiger partial charge in [-0.3, -0.25) is 24.6 Å². The van der Waals surface area contributed by atoms with Gasteiger partial charge in [-0.1, -0.05) is 0 Å². The minimum atomic E-state index is -4.59. The molecule has 11 heteroatoms. The number of amides is 3. The number of ether oxygens (including phenoxy) is 1. The molecule has 1 aliphatic carbocycles. The van der Waals surface area contributed by atoms with Crippen molar-refractivity contribution in [3.8, 4) is 5.75 Å². The predicted octanol–water partition coefficient (Wildman–Crippen LogP) is 4.87. The zero-order valence-corrected chi connectivity index (χ0v) is 18.1. The molecule has 2 fully saturated rings. The number of alkyl halides is 3. The minimum Gasteiger partial charge on any atom is -0.489 e. The number of nitrogens with zero attached hydrogens (tertiary/aromatic N) is 4. The van der Waals surface area contributed by atoms with Crippen molar-refractivity contribution in [3.63, 3.8) is 0 Å². The molecule has 0 aromatic carbocycles. The van der Waals surface area contributed by atoms with Gasteiger partial charge in [-0.05, 0) is 43.2 Å². The number of hydrogen-bond acceptors (Lipinski definition) is 6. The molecule has 0 unspecified atom stereocenters. The predicted molar refractivity (Wildman–Crippen MR) is 115 cm³/mol. The number of rotatable bonds is 4. The number of carbonyl (C=O) groups excluding carboxylic acids is 2. The number of pyridine rings is 2. The highest BCUT2D eigenvalue weighted by Crippen LogP contribution is 2.34. The Balaban J connectivity index is 1.23. The Labute approximate surface area is 190 Å². The Morgan fingerprint density at radius 1 is 1.06 bits per heavy atom. The molecule has 0 radical (unpaired) electrons. The van der Waals surface area contributed by atoms with E-state index in [0.29, 0.717) is 37.6 Å². The van der Waals surface area contributed by atoms with Crippen LogP contribution in [0, 0.1) is 0 Å². The van der Waals surface area contributed by atoms with Crippen molar-refractivity contribution in [1.82, 2.24) is 14.9 Å². The first-order valence-electron chi connectivity index (χ1n) is 10.5. The van der Waals surface area contributed by atoms with Gasteiger partial charge in [0.25, 0.3) is 5.91 Å². The second-order valence-corrected chi connectivity index (χ2v) is 9.03. The summed E-state index contributed by atoms with van der Waals surface area (Å²) in [7, 11) is 0. The lowest BCUT2D eigenvalue weighted by Gasteiger charge is -2.33. The topological polar surface area (TPSA) is 75.6 Å². The standard InChI is InChI=1S/C22H19F3N4O3S/c23-22(24,25)13-7-15(10-26-9-13)28-12-20(30)29(21(28)31)14-1-3-16(4-2-14)32-17-8-19-18(27-11-17)5-6-33-19/h5-11,14,16H,1-4,12H2. The highest BCUT2D eigenvalue weighted by Gasteiger charge is 2.43. The van der Waals surface area contributed by atoms with Crippen LogP contribution in [0.5, 0.6) is 5.75 Å². The van der Waals surface area contributed by atoms with Crippen LogP contribution in [-0.4, -0.2) is 45.5 Å². The molecule has 0 atom stereocenters. The van der Waals surface area contributed by atoms with E-state index >= 15 is 0 Å². The van der Waals surface area contributed by atoms with Crippen LogP contribution in [0.1, 0.15) is 31.2 Å². The maximum atomic E-state index is 13.0. The van der Waals surface area contributed by atoms with E-state index in [1.54, 1.807) is 17.5 Å². The lowest BCUT2D eigenvalue weighted by molar-refractivity contribution is -0.137. The van der Waals surface area contributed by atoms with Gasteiger partial charge in [0.05, 0.1) is 40.0 Å². The van der Waals surface area contributed by atoms with Crippen molar-refractivity contribution in [3.05, 3.63) is 47.7 Å². The molecule has 3 aromatic rings. The van der Waals surface area contributed by atoms with Crippen LogP contribution >= 0.6 is 11.3 Å². The molecule has 4 heterocycles. The molecule has 2 aliphatic rings. The Bertz CT molecular complexity index is 1210. The minimum absolute atomic E-state index is 0.0424. The summed E-state index contributed by atoms with van der Waals surface area (Å²) in [6, 6.07) is 3.81. The van der Waals surface area contributed by atoms with E-state index in [-0.39, 0.29) is 24.4 Å². The van der Waals surface area contributed by atoms with Gasteiger partial charge < -0.3 is 4.74 Å². The monoisotopic (exact) mass is 476 g/mol. The summed E-state index contributed by atoms with van der Waals surface area (Å²) in [4.78, 5) is 35.7. The smallest absolute Gasteiger partial charge is 0.417 e. The quantitative estimate of drug-likeness (QED) is 0.503. The summed E-state index contributed by atoms with van der Waals surface area (Å²) >= 11 is 1.59. The van der Waals surface area contributed by atoms with Crippen molar-refractivity contribution in [2.24, 2.45) is 0 Å². The normalized spacial score (nSPS) is 21.8. The molecule has 5 rings (SSSR count). The van der Waals surface area contributed by atoms with Crippen LogP contribution in [0.3, 0.4) is 0 Å². The van der Waals surface area contributed by atoms with E-state index in [1.807, 2.05) is 17.5 Å². The Hall–Kier alpha value is -3.21. The van der Waals surface area contributed by atoms with E-state index in [1.165, 1.54) is 4.90 Å². The maximum absolute atomic E-state index is 13.0. The molecule has 0 spiro atoms. The first-order valence-corrected chi connectivity index (χ1v) is 11.3. The summed E-state index contributed by atoms with van der Waals surface area (Å²) in [6.07, 6.45) is 1.32. The lowest BCUT2D eigenvalue weighted by Crippen LogP contribution is -2.44. The van der Waals surface area contributed by atoms with Crippen molar-refractivity contribution in [1.29, 1.82) is 0 Å². The zero-order chi connectivity index (χ0) is 23.2. The van der Waals surface area contributed by atoms with Crippen LogP contribution in [0.15, 0.2) is 42.2 Å². The molecule has 3 amide bonds. The number of anilines is 1. The van der Waals surface area contributed by atoms with Crippen molar-refractivity contribution in [2.45, 2.75) is 44.0 Å². The SMILES string of the molecule is O=C1CN(c2cncc(C(F)(F)F)c2)C(=O)N1C1CCC(Oc2cnc3ccsc3c2)CC1. The fraction of sp³-hybridized carbons (Fsp3) is 0.364. The molecule has 0 N–H and O–H groups in total. The second-order valence-electron chi connectivity index (χ2n) is 8.09. The Morgan fingerprint density at radius 3 is 2.61 bits per heavy atom. The van der Waals surface area contributed by atoms with Gasteiger partial charge in [0.1, 0.15) is 12.3 Å². The third-order valence-electron chi connectivity index (χ3n) is 5.95. The number of hydrogen-bond donors (Lipinski definition) is 0. The van der Waals surface area contributed by atoms with Gasteiger partial charge in [-0.2, -0.15) is 13.2 Å². The largest absolute Gasteiger partial charge is 0.489 e. The number of fused-ring (bicyclic) bond motifs is 1. The fourth-order valence-corrected chi connectivity index (χ4v) is 5.08. The van der Waals surface area contributed by atoms with Crippen LogP contribution in [0.4, 0.5) is 23.7 Å². The molecule has 172 valence electrons.